The van der Waals surface area contributed by atoms with E-state index in [-0.39, 0.29) is 12.4 Å². The zero-order valence-corrected chi connectivity index (χ0v) is 9.88. The van der Waals surface area contributed by atoms with Gasteiger partial charge in [0, 0.05) is 23.7 Å². The minimum absolute atomic E-state index is 0.110. The van der Waals surface area contributed by atoms with Crippen LogP contribution in [0.15, 0.2) is 18.2 Å². The van der Waals surface area contributed by atoms with Crippen molar-refractivity contribution in [2.45, 2.75) is 13.0 Å². The van der Waals surface area contributed by atoms with Crippen molar-refractivity contribution in [2.24, 2.45) is 0 Å². The molecule has 2 N–H and O–H groups in total. The van der Waals surface area contributed by atoms with E-state index in [1.807, 2.05) is 0 Å². The molecular formula is C11H14ClF2NO2. The van der Waals surface area contributed by atoms with Gasteiger partial charge in [0.15, 0.2) is 0 Å². The van der Waals surface area contributed by atoms with E-state index in [0.29, 0.717) is 23.7 Å². The van der Waals surface area contributed by atoms with Crippen LogP contribution in [0.25, 0.3) is 0 Å². The molecule has 17 heavy (non-hydrogen) atoms. The van der Waals surface area contributed by atoms with Crippen molar-refractivity contribution in [3.05, 3.63) is 28.8 Å². The fourth-order valence-corrected chi connectivity index (χ4v) is 1.49. The molecule has 3 nitrogen and oxygen atoms in total. The Bertz CT molecular complexity index is 330. The smallest absolute Gasteiger partial charge is 0.261 e. The molecule has 0 spiro atoms. The van der Waals surface area contributed by atoms with E-state index in [4.69, 9.17) is 11.6 Å². The quantitative estimate of drug-likeness (QED) is 0.744. The molecule has 1 aromatic rings. The second kappa shape index (κ2) is 7.42. The standard InChI is InChI=1S/C11H14ClF2NO2/c12-9-2-1-3-10(16)8(9)6-15-4-5-17-7-11(13)14/h1-3,11,15-16H,4-7H2. The van der Waals surface area contributed by atoms with Crippen molar-refractivity contribution in [1.82, 2.24) is 5.32 Å². The van der Waals surface area contributed by atoms with Gasteiger partial charge in [-0.3, -0.25) is 0 Å². The number of phenols is 1. The number of nitrogens with one attached hydrogen (secondary N) is 1. The molecule has 0 unspecified atom stereocenters. The molecule has 0 bridgehead atoms. The van der Waals surface area contributed by atoms with Gasteiger partial charge in [0.2, 0.25) is 0 Å². The molecule has 0 radical (unpaired) electrons. The Hall–Kier alpha value is -0.910. The van der Waals surface area contributed by atoms with Crippen LogP contribution >= 0.6 is 11.6 Å². The van der Waals surface area contributed by atoms with Crippen LogP contribution in [0.3, 0.4) is 0 Å². The average Bonchev–Trinajstić information content (AvgIpc) is 2.26. The number of rotatable bonds is 7. The topological polar surface area (TPSA) is 41.5 Å². The van der Waals surface area contributed by atoms with Crippen LogP contribution in [0.2, 0.25) is 5.02 Å². The Kier molecular flexibility index (Phi) is 6.18. The second-order valence-corrected chi connectivity index (χ2v) is 3.79. The first-order chi connectivity index (χ1) is 8.11. The number of halogens is 3. The van der Waals surface area contributed by atoms with Crippen molar-refractivity contribution < 1.29 is 18.6 Å². The third-order valence-corrected chi connectivity index (χ3v) is 2.42. The van der Waals surface area contributed by atoms with Crippen molar-refractivity contribution in [3.8, 4) is 5.75 Å². The van der Waals surface area contributed by atoms with Gasteiger partial charge in [-0.2, -0.15) is 0 Å². The minimum Gasteiger partial charge on any atom is -0.508 e. The SMILES string of the molecule is Oc1cccc(Cl)c1CNCCOCC(F)F. The molecule has 6 heteroatoms. The summed E-state index contributed by atoms with van der Waals surface area (Å²) in [6.45, 7) is 0.412. The van der Waals surface area contributed by atoms with Gasteiger partial charge in [0.1, 0.15) is 12.4 Å². The summed E-state index contributed by atoms with van der Waals surface area (Å²) in [5, 5.41) is 12.9. The number of hydrogen-bond donors (Lipinski definition) is 2. The molecule has 0 amide bonds. The third kappa shape index (κ3) is 5.30. The predicted molar refractivity (Wildman–Crippen MR) is 61.6 cm³/mol. The molecule has 0 atom stereocenters. The normalized spacial score (nSPS) is 11.1. The first-order valence-electron chi connectivity index (χ1n) is 5.14. The van der Waals surface area contributed by atoms with Gasteiger partial charge in [-0.1, -0.05) is 17.7 Å². The molecule has 0 aromatic heterocycles. The zero-order chi connectivity index (χ0) is 12.7. The van der Waals surface area contributed by atoms with Crippen LogP contribution in [0.5, 0.6) is 5.75 Å². The lowest BCUT2D eigenvalue weighted by Crippen LogP contribution is -2.20. The van der Waals surface area contributed by atoms with Gasteiger partial charge < -0.3 is 15.2 Å². The summed E-state index contributed by atoms with van der Waals surface area (Å²) in [6.07, 6.45) is -2.44. The minimum atomic E-state index is -2.44. The van der Waals surface area contributed by atoms with E-state index in [1.165, 1.54) is 6.07 Å². The molecule has 0 fully saturated rings. The van der Waals surface area contributed by atoms with E-state index in [0.717, 1.165) is 0 Å². The molecule has 0 saturated heterocycles. The fourth-order valence-electron chi connectivity index (χ4n) is 1.25. The van der Waals surface area contributed by atoms with E-state index in [9.17, 15) is 13.9 Å². The summed E-state index contributed by atoms with van der Waals surface area (Å²) in [5.41, 5.74) is 0.586. The molecule has 0 aliphatic carbocycles. The summed E-state index contributed by atoms with van der Waals surface area (Å²) >= 11 is 5.88. The zero-order valence-electron chi connectivity index (χ0n) is 9.13. The van der Waals surface area contributed by atoms with E-state index in [1.54, 1.807) is 12.1 Å². The summed E-state index contributed by atoms with van der Waals surface area (Å²) in [7, 11) is 0. The van der Waals surface area contributed by atoms with E-state index in [2.05, 4.69) is 10.1 Å². The highest BCUT2D eigenvalue weighted by molar-refractivity contribution is 6.31. The number of benzene rings is 1. The second-order valence-electron chi connectivity index (χ2n) is 3.38. The lowest BCUT2D eigenvalue weighted by molar-refractivity contribution is 0.0187. The van der Waals surface area contributed by atoms with E-state index < -0.39 is 13.0 Å². The van der Waals surface area contributed by atoms with Gasteiger partial charge in [0.05, 0.1) is 6.61 Å². The average molecular weight is 266 g/mol. The van der Waals surface area contributed by atoms with E-state index >= 15 is 0 Å². The molecule has 96 valence electrons. The van der Waals surface area contributed by atoms with Crippen molar-refractivity contribution >= 4 is 11.6 Å². The Morgan fingerprint density at radius 1 is 1.41 bits per heavy atom. The van der Waals surface area contributed by atoms with Gasteiger partial charge in [-0.15, -0.1) is 0 Å². The number of phenolic OH excluding ortho intramolecular Hbond substituents is 1. The Morgan fingerprint density at radius 3 is 2.82 bits per heavy atom. The summed E-state index contributed by atoms with van der Waals surface area (Å²) in [4.78, 5) is 0. The van der Waals surface area contributed by atoms with Crippen molar-refractivity contribution in [3.63, 3.8) is 0 Å². The largest absolute Gasteiger partial charge is 0.508 e. The Morgan fingerprint density at radius 2 is 2.18 bits per heavy atom. The molecule has 1 rings (SSSR count). The summed E-state index contributed by atoms with van der Waals surface area (Å²) in [6, 6.07) is 4.86. The maximum Gasteiger partial charge on any atom is 0.261 e. The van der Waals surface area contributed by atoms with Crippen LogP contribution in [0.1, 0.15) is 5.56 Å². The highest BCUT2D eigenvalue weighted by Gasteiger charge is 2.05. The van der Waals surface area contributed by atoms with Crippen LogP contribution in [-0.4, -0.2) is 31.3 Å². The monoisotopic (exact) mass is 265 g/mol. The van der Waals surface area contributed by atoms with Gasteiger partial charge in [-0.05, 0) is 12.1 Å². The van der Waals surface area contributed by atoms with Crippen LogP contribution in [-0.2, 0) is 11.3 Å². The summed E-state index contributed by atoms with van der Waals surface area (Å²) in [5.74, 6) is 0.110. The predicted octanol–water partition coefficient (Wildman–Crippen LogP) is 2.42. The van der Waals surface area contributed by atoms with Crippen LogP contribution in [0.4, 0.5) is 8.78 Å². The molecule has 0 aliphatic rings. The first-order valence-corrected chi connectivity index (χ1v) is 5.52. The number of alkyl halides is 2. The van der Waals surface area contributed by atoms with Crippen LogP contribution < -0.4 is 5.32 Å². The van der Waals surface area contributed by atoms with Crippen molar-refractivity contribution in [2.75, 3.05) is 19.8 Å². The van der Waals surface area contributed by atoms with Crippen molar-refractivity contribution in [1.29, 1.82) is 0 Å². The lowest BCUT2D eigenvalue weighted by atomic mass is 10.2. The maximum absolute atomic E-state index is 11.7. The number of ether oxygens (including phenoxy) is 1. The highest BCUT2D eigenvalue weighted by atomic mass is 35.5. The molecule has 0 heterocycles. The maximum atomic E-state index is 11.7. The highest BCUT2D eigenvalue weighted by Crippen LogP contribution is 2.24. The van der Waals surface area contributed by atoms with Gasteiger partial charge in [0.25, 0.3) is 6.43 Å². The third-order valence-electron chi connectivity index (χ3n) is 2.06. The Labute approximate surface area is 103 Å². The van der Waals surface area contributed by atoms with Gasteiger partial charge in [-0.25, -0.2) is 8.78 Å². The molecule has 1 aromatic carbocycles. The van der Waals surface area contributed by atoms with Gasteiger partial charge >= 0.3 is 0 Å². The molecule has 0 aliphatic heterocycles. The summed E-state index contributed by atoms with van der Waals surface area (Å²) < 4.78 is 28.1. The lowest BCUT2D eigenvalue weighted by Gasteiger charge is -2.08. The first kappa shape index (κ1) is 14.2. The number of hydrogen-bond acceptors (Lipinski definition) is 3. The fraction of sp³-hybridized carbons (Fsp3) is 0.455. The van der Waals surface area contributed by atoms with Crippen LogP contribution in [0, 0.1) is 0 Å². The Balaban J connectivity index is 2.22. The molecular weight excluding hydrogens is 252 g/mol. The number of aromatic hydroxyl groups is 1. The molecule has 0 saturated carbocycles.